The Kier molecular flexibility index (Phi) is 5.30. The lowest BCUT2D eigenvalue weighted by atomic mass is 10.2. The minimum atomic E-state index is -0.210. The SMILES string of the molecule is Cc1ccc(Oc2ccc(NC(=O)CCn3cnc4c(cnn4C)c3=O)cc2)cc1. The van der Waals surface area contributed by atoms with Crippen molar-refractivity contribution in [2.24, 2.45) is 7.05 Å². The largest absolute Gasteiger partial charge is 0.457 e. The summed E-state index contributed by atoms with van der Waals surface area (Å²) in [6.07, 6.45) is 3.08. The monoisotopic (exact) mass is 403 g/mol. The molecule has 4 aromatic rings. The molecule has 0 aliphatic rings. The van der Waals surface area contributed by atoms with Crippen LogP contribution in [0.15, 0.2) is 65.8 Å². The van der Waals surface area contributed by atoms with E-state index in [0.717, 1.165) is 5.75 Å². The Labute approximate surface area is 172 Å². The quantitative estimate of drug-likeness (QED) is 0.534. The maximum atomic E-state index is 12.4. The summed E-state index contributed by atoms with van der Waals surface area (Å²) in [5.41, 5.74) is 2.13. The van der Waals surface area contributed by atoms with Gasteiger partial charge in [0.2, 0.25) is 5.91 Å². The van der Waals surface area contributed by atoms with Crippen molar-refractivity contribution in [1.82, 2.24) is 19.3 Å². The van der Waals surface area contributed by atoms with Crippen molar-refractivity contribution in [3.8, 4) is 11.5 Å². The van der Waals surface area contributed by atoms with Crippen LogP contribution in [0.1, 0.15) is 12.0 Å². The fraction of sp³-hybridized carbons (Fsp3) is 0.182. The van der Waals surface area contributed by atoms with Gasteiger partial charge in [-0.25, -0.2) is 4.98 Å². The first-order valence-corrected chi connectivity index (χ1v) is 9.51. The molecule has 0 aliphatic heterocycles. The van der Waals surface area contributed by atoms with Gasteiger partial charge in [0.1, 0.15) is 16.9 Å². The molecule has 0 fully saturated rings. The molecule has 8 nitrogen and oxygen atoms in total. The number of benzene rings is 2. The van der Waals surface area contributed by atoms with E-state index in [2.05, 4.69) is 15.4 Å². The summed E-state index contributed by atoms with van der Waals surface area (Å²) in [5, 5.41) is 7.30. The molecule has 1 N–H and O–H groups in total. The highest BCUT2D eigenvalue weighted by atomic mass is 16.5. The van der Waals surface area contributed by atoms with Crippen LogP contribution in [0.2, 0.25) is 0 Å². The number of fused-ring (bicyclic) bond motifs is 1. The highest BCUT2D eigenvalue weighted by Gasteiger charge is 2.10. The zero-order valence-corrected chi connectivity index (χ0v) is 16.7. The number of ether oxygens (including phenoxy) is 1. The van der Waals surface area contributed by atoms with Crippen LogP contribution in [-0.4, -0.2) is 25.2 Å². The van der Waals surface area contributed by atoms with E-state index in [1.807, 2.05) is 31.2 Å². The first-order chi connectivity index (χ1) is 14.5. The normalized spacial score (nSPS) is 10.9. The summed E-state index contributed by atoms with van der Waals surface area (Å²) in [6, 6.07) is 14.9. The lowest BCUT2D eigenvalue weighted by Gasteiger charge is -2.09. The van der Waals surface area contributed by atoms with E-state index in [-0.39, 0.29) is 24.4 Å². The molecule has 2 aromatic heterocycles. The second-order valence-electron chi connectivity index (χ2n) is 6.99. The number of nitrogens with zero attached hydrogens (tertiary/aromatic N) is 4. The predicted octanol–water partition coefficient (Wildman–Crippen LogP) is 3.26. The van der Waals surface area contributed by atoms with Crippen LogP contribution in [0.5, 0.6) is 11.5 Å². The van der Waals surface area contributed by atoms with Gasteiger partial charge in [0.15, 0.2) is 5.65 Å². The lowest BCUT2D eigenvalue weighted by Crippen LogP contribution is -2.23. The number of nitrogens with one attached hydrogen (secondary N) is 1. The van der Waals surface area contributed by atoms with Crippen molar-refractivity contribution < 1.29 is 9.53 Å². The average molecular weight is 403 g/mol. The Morgan fingerprint density at radius 3 is 2.43 bits per heavy atom. The molecule has 0 spiro atoms. The molecular weight excluding hydrogens is 382 g/mol. The van der Waals surface area contributed by atoms with E-state index in [4.69, 9.17) is 4.74 Å². The molecular formula is C22H21N5O3. The number of carbonyl (C=O) groups excluding carboxylic acids is 1. The Morgan fingerprint density at radius 1 is 1.07 bits per heavy atom. The van der Waals surface area contributed by atoms with Gasteiger partial charge in [-0.2, -0.15) is 5.10 Å². The molecule has 0 saturated heterocycles. The van der Waals surface area contributed by atoms with E-state index >= 15 is 0 Å². The number of hydrogen-bond donors (Lipinski definition) is 1. The maximum Gasteiger partial charge on any atom is 0.264 e. The number of aromatic nitrogens is 4. The van der Waals surface area contributed by atoms with E-state index in [1.165, 1.54) is 22.7 Å². The first-order valence-electron chi connectivity index (χ1n) is 9.51. The van der Waals surface area contributed by atoms with Gasteiger partial charge in [-0.3, -0.25) is 18.8 Å². The van der Waals surface area contributed by atoms with Crippen LogP contribution in [0.25, 0.3) is 11.0 Å². The molecule has 30 heavy (non-hydrogen) atoms. The topological polar surface area (TPSA) is 91.0 Å². The molecule has 4 rings (SSSR count). The zero-order valence-electron chi connectivity index (χ0n) is 16.7. The lowest BCUT2D eigenvalue weighted by molar-refractivity contribution is -0.116. The van der Waals surface area contributed by atoms with Crippen molar-refractivity contribution >= 4 is 22.6 Å². The molecule has 0 saturated carbocycles. The Bertz CT molecular complexity index is 1240. The van der Waals surface area contributed by atoms with Crippen LogP contribution < -0.4 is 15.6 Å². The van der Waals surface area contributed by atoms with Gasteiger partial charge in [-0.15, -0.1) is 0 Å². The highest BCUT2D eigenvalue weighted by Crippen LogP contribution is 2.23. The summed E-state index contributed by atoms with van der Waals surface area (Å²) in [4.78, 5) is 29.0. The summed E-state index contributed by atoms with van der Waals surface area (Å²) in [5.74, 6) is 1.24. The maximum absolute atomic E-state index is 12.4. The van der Waals surface area contributed by atoms with Crippen LogP contribution >= 0.6 is 0 Å². The van der Waals surface area contributed by atoms with Gasteiger partial charge in [-0.05, 0) is 43.3 Å². The second kappa shape index (κ2) is 8.20. The first kappa shape index (κ1) is 19.4. The van der Waals surface area contributed by atoms with Crippen molar-refractivity contribution in [3.63, 3.8) is 0 Å². The van der Waals surface area contributed by atoms with Gasteiger partial charge in [0.25, 0.3) is 5.56 Å². The molecule has 8 heteroatoms. The van der Waals surface area contributed by atoms with Crippen LogP contribution in [0.3, 0.4) is 0 Å². The zero-order chi connectivity index (χ0) is 21.1. The predicted molar refractivity (Wildman–Crippen MR) is 114 cm³/mol. The van der Waals surface area contributed by atoms with Crippen molar-refractivity contribution in [3.05, 3.63) is 77.0 Å². The molecule has 152 valence electrons. The fourth-order valence-corrected chi connectivity index (χ4v) is 3.02. The number of carbonyl (C=O) groups is 1. The summed E-state index contributed by atoms with van der Waals surface area (Å²) in [6.45, 7) is 2.25. The molecule has 0 aliphatic carbocycles. The highest BCUT2D eigenvalue weighted by molar-refractivity contribution is 5.90. The van der Waals surface area contributed by atoms with Crippen molar-refractivity contribution in [1.29, 1.82) is 0 Å². The van der Waals surface area contributed by atoms with E-state index < -0.39 is 0 Å². The molecule has 0 bridgehead atoms. The van der Waals surface area contributed by atoms with Crippen molar-refractivity contribution in [2.45, 2.75) is 19.9 Å². The van der Waals surface area contributed by atoms with Crippen molar-refractivity contribution in [2.75, 3.05) is 5.32 Å². The third-order valence-corrected chi connectivity index (χ3v) is 4.69. The van der Waals surface area contributed by atoms with Crippen LogP contribution in [-0.2, 0) is 18.4 Å². The Morgan fingerprint density at radius 2 is 1.73 bits per heavy atom. The number of aryl methyl sites for hydroxylation is 3. The van der Waals surface area contributed by atoms with Gasteiger partial charge < -0.3 is 10.1 Å². The standard InChI is InChI=1S/C22H21N5O3/c1-15-3-7-17(8-4-15)30-18-9-5-16(6-10-18)25-20(28)11-12-27-14-23-21-19(22(27)29)13-24-26(21)2/h3-10,13-14H,11-12H2,1-2H3,(H,25,28). The number of rotatable bonds is 6. The molecule has 0 atom stereocenters. The fourth-order valence-electron chi connectivity index (χ4n) is 3.02. The van der Waals surface area contributed by atoms with E-state index in [1.54, 1.807) is 36.0 Å². The Hall–Kier alpha value is -3.94. The van der Waals surface area contributed by atoms with Gasteiger partial charge in [0, 0.05) is 25.7 Å². The smallest absolute Gasteiger partial charge is 0.264 e. The molecule has 0 radical (unpaired) electrons. The summed E-state index contributed by atoms with van der Waals surface area (Å²) in [7, 11) is 1.73. The number of amides is 1. The second-order valence-corrected chi connectivity index (χ2v) is 6.99. The summed E-state index contributed by atoms with van der Waals surface area (Å²) >= 11 is 0. The molecule has 2 heterocycles. The molecule has 0 unspecified atom stereocenters. The van der Waals surface area contributed by atoms with Gasteiger partial charge >= 0.3 is 0 Å². The third-order valence-electron chi connectivity index (χ3n) is 4.69. The number of anilines is 1. The van der Waals surface area contributed by atoms with Crippen LogP contribution in [0, 0.1) is 6.92 Å². The van der Waals surface area contributed by atoms with Gasteiger partial charge in [0.05, 0.1) is 12.5 Å². The van der Waals surface area contributed by atoms with E-state index in [0.29, 0.717) is 22.5 Å². The molecule has 2 aromatic carbocycles. The number of hydrogen-bond acceptors (Lipinski definition) is 5. The minimum absolute atomic E-state index is 0.148. The third kappa shape index (κ3) is 4.22. The summed E-state index contributed by atoms with van der Waals surface area (Å²) < 4.78 is 8.74. The minimum Gasteiger partial charge on any atom is -0.457 e. The van der Waals surface area contributed by atoms with Crippen LogP contribution in [0.4, 0.5) is 5.69 Å². The van der Waals surface area contributed by atoms with E-state index in [9.17, 15) is 9.59 Å². The van der Waals surface area contributed by atoms with Gasteiger partial charge in [-0.1, -0.05) is 17.7 Å². The Balaban J connectivity index is 1.34. The molecule has 1 amide bonds. The average Bonchev–Trinajstić information content (AvgIpc) is 3.12.